The van der Waals surface area contributed by atoms with E-state index in [0.717, 1.165) is 6.42 Å². The number of nitrogens with two attached hydrogens (primary N) is 1. The first kappa shape index (κ1) is 14.4. The van der Waals surface area contributed by atoms with Crippen LogP contribution in [0.2, 0.25) is 0 Å². The summed E-state index contributed by atoms with van der Waals surface area (Å²) in [5, 5.41) is 2.76. The van der Waals surface area contributed by atoms with Gasteiger partial charge in [-0.05, 0) is 18.1 Å². The maximum absolute atomic E-state index is 13.8. The molecule has 0 saturated carbocycles. The Balaban J connectivity index is 2.77. The average Bonchev–Trinajstić information content (AvgIpc) is 2.35. The van der Waals surface area contributed by atoms with Crippen molar-refractivity contribution in [3.05, 3.63) is 29.6 Å². The Morgan fingerprint density at radius 3 is 2.83 bits per heavy atom. The number of halogens is 1. The molecule has 1 amide bonds. The quantitative estimate of drug-likeness (QED) is 0.802. The highest BCUT2D eigenvalue weighted by atomic mass is 19.1. The lowest BCUT2D eigenvalue weighted by atomic mass is 10.1. The number of benzene rings is 1. The molecule has 0 heterocycles. The predicted molar refractivity (Wildman–Crippen MR) is 70.9 cm³/mol. The third-order valence-electron chi connectivity index (χ3n) is 2.62. The number of anilines is 1. The van der Waals surface area contributed by atoms with Crippen LogP contribution in [0, 0.1) is 5.82 Å². The van der Waals surface area contributed by atoms with Crippen molar-refractivity contribution in [1.29, 1.82) is 0 Å². The molecule has 1 aromatic rings. The Morgan fingerprint density at radius 1 is 1.50 bits per heavy atom. The van der Waals surface area contributed by atoms with E-state index in [-0.39, 0.29) is 24.8 Å². The third kappa shape index (κ3) is 3.70. The Hall–Kier alpha value is -1.62. The smallest absolute Gasteiger partial charge is 0.239 e. The number of amides is 1. The van der Waals surface area contributed by atoms with E-state index in [4.69, 9.17) is 5.73 Å². The van der Waals surface area contributed by atoms with Gasteiger partial charge >= 0.3 is 0 Å². The third-order valence-corrected chi connectivity index (χ3v) is 2.62. The number of nitrogens with one attached hydrogen (secondary N) is 1. The summed E-state index contributed by atoms with van der Waals surface area (Å²) in [6, 6.07) is 4.75. The van der Waals surface area contributed by atoms with Gasteiger partial charge in [0, 0.05) is 20.1 Å². The molecule has 0 aliphatic rings. The summed E-state index contributed by atoms with van der Waals surface area (Å²) in [7, 11) is 1.68. The first-order valence-electron chi connectivity index (χ1n) is 6.05. The van der Waals surface area contributed by atoms with Crippen molar-refractivity contribution in [2.24, 2.45) is 5.73 Å². The molecule has 0 spiro atoms. The molecule has 0 atom stereocenters. The number of para-hydroxylation sites is 1. The van der Waals surface area contributed by atoms with Gasteiger partial charge in [-0.3, -0.25) is 4.79 Å². The summed E-state index contributed by atoms with van der Waals surface area (Å²) in [5.74, 6) is -0.477. The second-order valence-corrected chi connectivity index (χ2v) is 4.16. The fourth-order valence-corrected chi connectivity index (χ4v) is 1.77. The zero-order valence-electron chi connectivity index (χ0n) is 10.9. The zero-order valence-corrected chi connectivity index (χ0v) is 10.9. The second-order valence-electron chi connectivity index (χ2n) is 4.16. The molecule has 0 unspecified atom stereocenters. The zero-order chi connectivity index (χ0) is 13.5. The molecular weight excluding hydrogens is 233 g/mol. The highest BCUT2D eigenvalue weighted by molar-refractivity contribution is 5.81. The SMILES string of the molecule is CCCNC(=O)CN(C)c1c(F)cccc1CN. The summed E-state index contributed by atoms with van der Waals surface area (Å²) >= 11 is 0. The lowest BCUT2D eigenvalue weighted by molar-refractivity contribution is -0.119. The van der Waals surface area contributed by atoms with Gasteiger partial charge in [0.2, 0.25) is 5.91 Å². The number of carbonyl (C=O) groups excluding carboxylic acids is 1. The Kier molecular flexibility index (Phi) is 5.58. The molecule has 5 heteroatoms. The molecule has 0 aliphatic heterocycles. The summed E-state index contributed by atoms with van der Waals surface area (Å²) < 4.78 is 13.8. The van der Waals surface area contributed by atoms with Gasteiger partial charge in [0.1, 0.15) is 5.82 Å². The van der Waals surface area contributed by atoms with E-state index in [1.54, 1.807) is 24.1 Å². The van der Waals surface area contributed by atoms with Gasteiger partial charge in [-0.15, -0.1) is 0 Å². The molecule has 1 aromatic carbocycles. The van der Waals surface area contributed by atoms with Crippen LogP contribution in [0.15, 0.2) is 18.2 Å². The minimum Gasteiger partial charge on any atom is -0.363 e. The molecule has 18 heavy (non-hydrogen) atoms. The van der Waals surface area contributed by atoms with Crippen molar-refractivity contribution in [2.75, 3.05) is 25.0 Å². The molecule has 0 bridgehead atoms. The van der Waals surface area contributed by atoms with Crippen LogP contribution in [-0.4, -0.2) is 26.0 Å². The Bertz CT molecular complexity index is 409. The van der Waals surface area contributed by atoms with Crippen LogP contribution in [-0.2, 0) is 11.3 Å². The number of likely N-dealkylation sites (N-methyl/N-ethyl adjacent to an activating group) is 1. The normalized spacial score (nSPS) is 10.2. The minimum absolute atomic E-state index is 0.119. The monoisotopic (exact) mass is 253 g/mol. The maximum atomic E-state index is 13.8. The van der Waals surface area contributed by atoms with E-state index < -0.39 is 0 Å². The van der Waals surface area contributed by atoms with Crippen molar-refractivity contribution in [1.82, 2.24) is 5.32 Å². The summed E-state index contributed by atoms with van der Waals surface area (Å²) in [4.78, 5) is 13.2. The van der Waals surface area contributed by atoms with Crippen LogP contribution >= 0.6 is 0 Å². The summed E-state index contributed by atoms with van der Waals surface area (Å²) in [6.07, 6.45) is 0.878. The topological polar surface area (TPSA) is 58.4 Å². The molecule has 4 nitrogen and oxygen atoms in total. The molecule has 0 aromatic heterocycles. The highest BCUT2D eigenvalue weighted by Gasteiger charge is 2.14. The second kappa shape index (κ2) is 6.96. The highest BCUT2D eigenvalue weighted by Crippen LogP contribution is 2.22. The molecule has 0 aliphatic carbocycles. The largest absolute Gasteiger partial charge is 0.363 e. The molecule has 0 saturated heterocycles. The van der Waals surface area contributed by atoms with Crippen LogP contribution in [0.5, 0.6) is 0 Å². The van der Waals surface area contributed by atoms with Gasteiger partial charge in [0.15, 0.2) is 0 Å². The lowest BCUT2D eigenvalue weighted by Crippen LogP contribution is -2.36. The van der Waals surface area contributed by atoms with E-state index >= 15 is 0 Å². The van der Waals surface area contributed by atoms with E-state index in [2.05, 4.69) is 5.32 Å². The van der Waals surface area contributed by atoms with Crippen LogP contribution in [0.4, 0.5) is 10.1 Å². The van der Waals surface area contributed by atoms with E-state index in [1.165, 1.54) is 6.07 Å². The van der Waals surface area contributed by atoms with E-state index in [0.29, 0.717) is 17.8 Å². The molecule has 0 radical (unpaired) electrons. The first-order valence-corrected chi connectivity index (χ1v) is 6.05. The lowest BCUT2D eigenvalue weighted by Gasteiger charge is -2.22. The number of carbonyl (C=O) groups is 1. The average molecular weight is 253 g/mol. The van der Waals surface area contributed by atoms with Gasteiger partial charge in [-0.1, -0.05) is 19.1 Å². The molecule has 3 N–H and O–H groups in total. The Morgan fingerprint density at radius 2 is 2.22 bits per heavy atom. The van der Waals surface area contributed by atoms with E-state index in [9.17, 15) is 9.18 Å². The number of nitrogens with zero attached hydrogens (tertiary/aromatic N) is 1. The van der Waals surface area contributed by atoms with Gasteiger partial charge in [-0.25, -0.2) is 4.39 Å². The van der Waals surface area contributed by atoms with Gasteiger partial charge < -0.3 is 16.0 Å². The number of rotatable bonds is 6. The van der Waals surface area contributed by atoms with Crippen molar-refractivity contribution >= 4 is 11.6 Å². The fourth-order valence-electron chi connectivity index (χ4n) is 1.77. The van der Waals surface area contributed by atoms with Crippen molar-refractivity contribution in [3.8, 4) is 0 Å². The standard InChI is InChI=1S/C13H20FN3O/c1-3-7-16-12(18)9-17(2)13-10(8-15)5-4-6-11(13)14/h4-6H,3,7-9,15H2,1-2H3,(H,16,18). The van der Waals surface area contributed by atoms with Gasteiger partial charge in [-0.2, -0.15) is 0 Å². The fraction of sp³-hybridized carbons (Fsp3) is 0.462. The molecule has 1 rings (SSSR count). The predicted octanol–water partition coefficient (Wildman–Crippen LogP) is 1.25. The maximum Gasteiger partial charge on any atom is 0.239 e. The minimum atomic E-state index is -0.358. The van der Waals surface area contributed by atoms with Crippen molar-refractivity contribution in [2.45, 2.75) is 19.9 Å². The number of hydrogen-bond acceptors (Lipinski definition) is 3. The summed E-state index contributed by atoms with van der Waals surface area (Å²) in [6.45, 7) is 2.98. The Labute approximate surface area is 107 Å². The van der Waals surface area contributed by atoms with E-state index in [1.807, 2.05) is 6.92 Å². The number of hydrogen-bond donors (Lipinski definition) is 2. The van der Waals surface area contributed by atoms with Crippen molar-refractivity contribution < 1.29 is 9.18 Å². The molecule has 0 fully saturated rings. The molecular formula is C13H20FN3O. The van der Waals surface area contributed by atoms with Crippen molar-refractivity contribution in [3.63, 3.8) is 0 Å². The van der Waals surface area contributed by atoms with Crippen LogP contribution < -0.4 is 16.0 Å². The van der Waals surface area contributed by atoms with Crippen LogP contribution in [0.25, 0.3) is 0 Å². The van der Waals surface area contributed by atoms with Crippen LogP contribution in [0.3, 0.4) is 0 Å². The van der Waals surface area contributed by atoms with Crippen LogP contribution in [0.1, 0.15) is 18.9 Å². The molecule has 100 valence electrons. The summed E-state index contributed by atoms with van der Waals surface area (Å²) in [5.41, 5.74) is 6.66. The van der Waals surface area contributed by atoms with Gasteiger partial charge in [0.25, 0.3) is 0 Å². The first-order chi connectivity index (χ1) is 8.60. The van der Waals surface area contributed by atoms with Gasteiger partial charge in [0.05, 0.1) is 12.2 Å².